The summed E-state index contributed by atoms with van der Waals surface area (Å²) in [5, 5.41) is 13.0. The quantitative estimate of drug-likeness (QED) is 0.227. The van der Waals surface area contributed by atoms with Gasteiger partial charge in [0.05, 0.1) is 18.0 Å². The third kappa shape index (κ3) is 6.53. The van der Waals surface area contributed by atoms with Crippen LogP contribution in [0.3, 0.4) is 0 Å². The Labute approximate surface area is 214 Å². The lowest BCUT2D eigenvalue weighted by molar-refractivity contribution is -0.138. The standard InChI is InChI=1S/C30H31F3N2O2/c1-20(2)3-13-27(22-6-11-26(12-7-22)34-17-15-29(36)37)35-18-16-24-19-23(8-14-28(24)35)21-4-9-25(10-5-21)30(31,32)33/h4-12,14,16,18-20,27,34H,3,13,15,17H2,1-2H3,(H,36,37). The first-order valence-corrected chi connectivity index (χ1v) is 12.5. The highest BCUT2D eigenvalue weighted by molar-refractivity contribution is 5.86. The van der Waals surface area contributed by atoms with Crippen molar-refractivity contribution in [1.29, 1.82) is 0 Å². The molecule has 0 spiro atoms. The maximum Gasteiger partial charge on any atom is 0.416 e. The Hall–Kier alpha value is -3.74. The molecule has 0 amide bonds. The molecular formula is C30H31F3N2O2. The number of carboxylic acids is 1. The largest absolute Gasteiger partial charge is 0.481 e. The number of carboxylic acid groups (broad SMARTS) is 1. The Morgan fingerprint density at radius 1 is 0.919 bits per heavy atom. The minimum absolute atomic E-state index is 0.0581. The van der Waals surface area contributed by atoms with Crippen molar-refractivity contribution in [2.24, 2.45) is 5.92 Å². The van der Waals surface area contributed by atoms with Crippen molar-refractivity contribution >= 4 is 22.6 Å². The molecule has 1 heterocycles. The van der Waals surface area contributed by atoms with Gasteiger partial charge in [-0.3, -0.25) is 4.79 Å². The molecule has 2 N–H and O–H groups in total. The fraction of sp³-hybridized carbons (Fsp3) is 0.300. The molecule has 4 aromatic rings. The molecule has 0 aliphatic carbocycles. The van der Waals surface area contributed by atoms with E-state index in [9.17, 15) is 18.0 Å². The third-order valence-electron chi connectivity index (χ3n) is 6.58. The summed E-state index contributed by atoms with van der Waals surface area (Å²) >= 11 is 0. The van der Waals surface area contributed by atoms with E-state index in [0.717, 1.165) is 58.3 Å². The van der Waals surface area contributed by atoms with Gasteiger partial charge in [0.25, 0.3) is 0 Å². The van der Waals surface area contributed by atoms with Gasteiger partial charge in [-0.1, -0.05) is 44.2 Å². The number of fused-ring (bicyclic) bond motifs is 1. The number of halogens is 3. The highest BCUT2D eigenvalue weighted by atomic mass is 19.4. The molecule has 4 nitrogen and oxygen atoms in total. The summed E-state index contributed by atoms with van der Waals surface area (Å²) in [6.07, 6.45) is -0.217. The summed E-state index contributed by atoms with van der Waals surface area (Å²) in [6, 6.07) is 21.6. The predicted octanol–water partition coefficient (Wildman–Crippen LogP) is 8.24. The van der Waals surface area contributed by atoms with Crippen molar-refractivity contribution in [2.45, 2.75) is 45.3 Å². The number of aromatic nitrogens is 1. The maximum atomic E-state index is 12.9. The summed E-state index contributed by atoms with van der Waals surface area (Å²) in [6.45, 7) is 4.78. The number of rotatable bonds is 10. The van der Waals surface area contributed by atoms with Crippen molar-refractivity contribution in [1.82, 2.24) is 4.57 Å². The number of anilines is 1. The molecule has 0 aliphatic heterocycles. The number of hydrogen-bond donors (Lipinski definition) is 2. The molecule has 0 aliphatic rings. The second kappa shape index (κ2) is 11.1. The van der Waals surface area contributed by atoms with Crippen LogP contribution in [0.25, 0.3) is 22.0 Å². The van der Waals surface area contributed by atoms with Crippen LogP contribution in [0.2, 0.25) is 0 Å². The maximum absolute atomic E-state index is 12.9. The van der Waals surface area contributed by atoms with Crippen LogP contribution in [-0.4, -0.2) is 22.2 Å². The monoisotopic (exact) mass is 508 g/mol. The number of hydrogen-bond acceptors (Lipinski definition) is 2. The van der Waals surface area contributed by atoms with Crippen molar-refractivity contribution in [2.75, 3.05) is 11.9 Å². The van der Waals surface area contributed by atoms with E-state index >= 15 is 0 Å². The highest BCUT2D eigenvalue weighted by Gasteiger charge is 2.30. The van der Waals surface area contributed by atoms with E-state index in [2.05, 4.69) is 42.1 Å². The lowest BCUT2D eigenvalue weighted by Crippen LogP contribution is -2.11. The van der Waals surface area contributed by atoms with Crippen molar-refractivity contribution < 1.29 is 23.1 Å². The summed E-state index contributed by atoms with van der Waals surface area (Å²) < 4.78 is 41.1. The number of alkyl halides is 3. The predicted molar refractivity (Wildman–Crippen MR) is 142 cm³/mol. The molecular weight excluding hydrogens is 477 g/mol. The molecule has 1 aromatic heterocycles. The number of benzene rings is 3. The van der Waals surface area contributed by atoms with Crippen molar-refractivity contribution in [3.63, 3.8) is 0 Å². The normalized spacial score (nSPS) is 12.7. The molecule has 4 rings (SSSR count). The zero-order chi connectivity index (χ0) is 26.6. The SMILES string of the molecule is CC(C)CCC(c1ccc(NCCC(=O)O)cc1)n1ccc2cc(-c3ccc(C(F)(F)F)cc3)ccc21. The summed E-state index contributed by atoms with van der Waals surface area (Å²) in [5.41, 5.74) is 4.06. The lowest BCUT2D eigenvalue weighted by Gasteiger charge is -2.22. The van der Waals surface area contributed by atoms with Gasteiger partial charge in [-0.05, 0) is 77.9 Å². The molecule has 1 unspecified atom stereocenters. The summed E-state index contributed by atoms with van der Waals surface area (Å²) in [4.78, 5) is 10.8. The van der Waals surface area contributed by atoms with Gasteiger partial charge < -0.3 is 15.0 Å². The summed E-state index contributed by atoms with van der Waals surface area (Å²) in [5.74, 6) is -0.286. The van der Waals surface area contributed by atoms with Crippen LogP contribution in [0, 0.1) is 5.92 Å². The van der Waals surface area contributed by atoms with Gasteiger partial charge in [0.2, 0.25) is 0 Å². The van der Waals surface area contributed by atoms with Gasteiger partial charge in [-0.15, -0.1) is 0 Å². The molecule has 0 bridgehead atoms. The lowest BCUT2D eigenvalue weighted by atomic mass is 9.96. The smallest absolute Gasteiger partial charge is 0.416 e. The average molecular weight is 509 g/mol. The Morgan fingerprint density at radius 2 is 1.59 bits per heavy atom. The first-order valence-electron chi connectivity index (χ1n) is 12.5. The van der Waals surface area contributed by atoms with Gasteiger partial charge in [0.15, 0.2) is 0 Å². The van der Waals surface area contributed by atoms with Crippen LogP contribution in [-0.2, 0) is 11.0 Å². The van der Waals surface area contributed by atoms with Gasteiger partial charge in [0, 0.05) is 29.3 Å². The Bertz CT molecular complexity index is 1340. The molecule has 0 saturated heterocycles. The zero-order valence-electron chi connectivity index (χ0n) is 20.9. The van der Waals surface area contributed by atoms with Crippen LogP contribution < -0.4 is 5.32 Å². The molecule has 1 atom stereocenters. The van der Waals surface area contributed by atoms with E-state index in [0.29, 0.717) is 12.5 Å². The second-order valence-corrected chi connectivity index (χ2v) is 9.75. The minimum atomic E-state index is -4.35. The van der Waals surface area contributed by atoms with Crippen LogP contribution in [0.15, 0.2) is 79.0 Å². The molecule has 194 valence electrons. The molecule has 7 heteroatoms. The molecule has 0 radical (unpaired) electrons. The van der Waals surface area contributed by atoms with Crippen LogP contribution in [0.4, 0.5) is 18.9 Å². The Morgan fingerprint density at radius 3 is 2.22 bits per heavy atom. The second-order valence-electron chi connectivity index (χ2n) is 9.75. The van der Waals surface area contributed by atoms with E-state index < -0.39 is 17.7 Å². The molecule has 37 heavy (non-hydrogen) atoms. The van der Waals surface area contributed by atoms with Gasteiger partial charge >= 0.3 is 12.1 Å². The van der Waals surface area contributed by atoms with E-state index in [1.54, 1.807) is 0 Å². The number of nitrogens with zero attached hydrogens (tertiary/aromatic N) is 1. The fourth-order valence-electron chi connectivity index (χ4n) is 4.56. The molecule has 0 saturated carbocycles. The first-order chi connectivity index (χ1) is 17.6. The van der Waals surface area contributed by atoms with Crippen LogP contribution in [0.5, 0.6) is 0 Å². The minimum Gasteiger partial charge on any atom is -0.481 e. The first kappa shape index (κ1) is 26.3. The fourth-order valence-corrected chi connectivity index (χ4v) is 4.56. The number of aliphatic carboxylic acids is 1. The van der Waals surface area contributed by atoms with E-state index in [4.69, 9.17) is 5.11 Å². The number of carbonyl (C=O) groups is 1. The van der Waals surface area contributed by atoms with Gasteiger partial charge in [-0.25, -0.2) is 0 Å². The molecule has 0 fully saturated rings. The van der Waals surface area contributed by atoms with E-state index in [1.165, 1.54) is 12.1 Å². The zero-order valence-corrected chi connectivity index (χ0v) is 20.9. The van der Waals surface area contributed by atoms with Gasteiger partial charge in [0.1, 0.15) is 0 Å². The average Bonchev–Trinajstić information content (AvgIpc) is 3.27. The van der Waals surface area contributed by atoms with Gasteiger partial charge in [-0.2, -0.15) is 13.2 Å². The molecule has 3 aromatic carbocycles. The Kier molecular flexibility index (Phi) is 7.91. The van der Waals surface area contributed by atoms with E-state index in [1.807, 2.05) is 36.4 Å². The van der Waals surface area contributed by atoms with Crippen LogP contribution >= 0.6 is 0 Å². The van der Waals surface area contributed by atoms with Crippen LogP contribution in [0.1, 0.15) is 50.3 Å². The number of nitrogens with one attached hydrogen (secondary N) is 1. The van der Waals surface area contributed by atoms with Crippen molar-refractivity contribution in [3.05, 3.63) is 90.1 Å². The van der Waals surface area contributed by atoms with E-state index in [-0.39, 0.29) is 12.5 Å². The highest BCUT2D eigenvalue weighted by Crippen LogP contribution is 2.34. The van der Waals surface area contributed by atoms with Crippen molar-refractivity contribution in [3.8, 4) is 11.1 Å². The topological polar surface area (TPSA) is 54.3 Å². The summed E-state index contributed by atoms with van der Waals surface area (Å²) in [7, 11) is 0. The third-order valence-corrected chi connectivity index (χ3v) is 6.58. The Balaban J connectivity index is 1.61.